The van der Waals surface area contributed by atoms with Crippen LogP contribution in [0.3, 0.4) is 0 Å². The van der Waals surface area contributed by atoms with Crippen LogP contribution < -0.4 is 41.8 Å². The van der Waals surface area contributed by atoms with Crippen LogP contribution in [-0.2, 0) is 0 Å². The molecule has 0 spiro atoms. The van der Waals surface area contributed by atoms with Crippen LogP contribution in [0, 0.1) is 0 Å². The monoisotopic (exact) mass is 1590 g/mol. The van der Waals surface area contributed by atoms with Gasteiger partial charge in [-0.1, -0.05) is 285 Å². The van der Waals surface area contributed by atoms with E-state index in [-0.39, 0.29) is 0 Å². The summed E-state index contributed by atoms with van der Waals surface area (Å²) in [6, 6.07) is 144. The summed E-state index contributed by atoms with van der Waals surface area (Å²) in [7, 11) is -7.08. The lowest BCUT2D eigenvalue weighted by molar-refractivity contribution is 0.668. The molecule has 0 N–H and O–H groups in total. The van der Waals surface area contributed by atoms with Crippen molar-refractivity contribution in [3.05, 3.63) is 400 Å². The Morgan fingerprint density at radius 2 is 0.549 bits per heavy atom. The van der Waals surface area contributed by atoms with Crippen LogP contribution in [0.15, 0.2) is 409 Å². The predicted octanol–water partition coefficient (Wildman–Crippen LogP) is 19.2. The second kappa shape index (κ2) is 26.2. The molecule has 0 saturated heterocycles. The number of fused-ring (bicyclic) bond motifs is 22. The molecule has 0 radical (unpaired) electrons. The predicted molar refractivity (Wildman–Crippen MR) is 500 cm³/mol. The molecule has 10 heterocycles. The van der Waals surface area contributed by atoms with E-state index in [9.17, 15) is 0 Å². The molecule has 14 nitrogen and oxygen atoms in total. The molecular weight excluding hydrogens is 1530 g/mol. The van der Waals surface area contributed by atoms with Crippen LogP contribution in [0.1, 0.15) is 0 Å². The average molecular weight is 1600 g/mol. The van der Waals surface area contributed by atoms with Crippen molar-refractivity contribution in [3.8, 4) is 34.7 Å². The molecule has 26 aromatic rings. The second-order valence-electron chi connectivity index (χ2n) is 31.7. The Kier molecular flexibility index (Phi) is 14.6. The maximum Gasteiger partial charge on any atom is 0.238 e. The Morgan fingerprint density at radius 1 is 0.197 bits per heavy atom. The molecular formula is C106H66N12O2Si2. The van der Waals surface area contributed by atoms with E-state index < -0.39 is 16.1 Å². The number of aromatic nitrogens is 12. The van der Waals surface area contributed by atoms with Crippen molar-refractivity contribution in [1.29, 1.82) is 0 Å². The fourth-order valence-electron chi connectivity index (χ4n) is 20.1. The number of nitrogens with zero attached hydrogens (tertiary/aromatic N) is 12. The summed E-state index contributed by atoms with van der Waals surface area (Å²) in [6.45, 7) is 0. The topological polar surface area (TPSA) is 132 Å². The van der Waals surface area contributed by atoms with E-state index in [1.54, 1.807) is 0 Å². The Balaban J connectivity index is 0.691. The minimum absolute atomic E-state index is 0.460. The molecule has 0 amide bonds. The van der Waals surface area contributed by atoms with Gasteiger partial charge in [-0.05, 0) is 151 Å². The number of para-hydroxylation sites is 11. The maximum absolute atomic E-state index is 6.62. The second-order valence-corrected chi connectivity index (χ2v) is 39.2. The highest BCUT2D eigenvalue weighted by Gasteiger charge is 2.47. The number of rotatable bonds is 13. The number of imidazole rings is 4. The minimum atomic E-state index is -3.58. The lowest BCUT2D eigenvalue weighted by Gasteiger charge is -2.33. The quantitative estimate of drug-likeness (QED) is 0.0823. The summed E-state index contributed by atoms with van der Waals surface area (Å²) in [6.07, 6.45) is 0. The average Bonchev–Trinajstić information content (AvgIpc) is 1.57. The van der Waals surface area contributed by atoms with E-state index in [0.717, 1.165) is 181 Å². The van der Waals surface area contributed by atoms with Gasteiger partial charge in [-0.3, -0.25) is 22.5 Å². The first-order chi connectivity index (χ1) is 60.5. The van der Waals surface area contributed by atoms with Gasteiger partial charge >= 0.3 is 0 Å². The van der Waals surface area contributed by atoms with Gasteiger partial charge in [0.05, 0.1) is 66.2 Å². The van der Waals surface area contributed by atoms with Gasteiger partial charge in [-0.2, -0.15) is 9.97 Å². The van der Waals surface area contributed by atoms with Crippen molar-refractivity contribution in [2.75, 3.05) is 0 Å². The molecule has 0 aliphatic carbocycles. The van der Waals surface area contributed by atoms with E-state index in [4.69, 9.17) is 38.7 Å². The molecule has 10 aromatic heterocycles. The normalized spacial score (nSPS) is 12.4. The third-order valence-corrected chi connectivity index (χ3v) is 34.6. The molecule has 0 saturated carbocycles. The summed E-state index contributed by atoms with van der Waals surface area (Å²) in [5.74, 6) is 3.83. The first-order valence-corrected chi connectivity index (χ1v) is 45.1. The van der Waals surface area contributed by atoms with Crippen molar-refractivity contribution in [2.24, 2.45) is 0 Å². The Morgan fingerprint density at radius 3 is 1.07 bits per heavy atom. The molecule has 570 valence electrons. The van der Waals surface area contributed by atoms with Gasteiger partial charge in [-0.15, -0.1) is 0 Å². The van der Waals surface area contributed by atoms with Crippen molar-refractivity contribution in [2.45, 2.75) is 0 Å². The molecule has 0 aliphatic rings. The zero-order valence-corrected chi connectivity index (χ0v) is 67.3. The molecule has 16 heteroatoms. The number of furan rings is 2. The molecule has 122 heavy (non-hydrogen) atoms. The molecule has 0 fully saturated rings. The first kappa shape index (κ1) is 68.0. The highest BCUT2D eigenvalue weighted by atomic mass is 28.3. The third-order valence-electron chi connectivity index (χ3n) is 25.4. The Bertz CT molecular complexity index is 8690. The Labute approximate surface area is 697 Å². The highest BCUT2D eigenvalue weighted by molar-refractivity contribution is 7.20. The molecule has 0 bridgehead atoms. The molecule has 16 aromatic carbocycles. The highest BCUT2D eigenvalue weighted by Crippen LogP contribution is 2.40. The fraction of sp³-hybridized carbons (Fsp3) is 0. The van der Waals surface area contributed by atoms with Crippen LogP contribution in [0.4, 0.5) is 0 Å². The van der Waals surface area contributed by atoms with Gasteiger partial charge in [0.1, 0.15) is 34.0 Å². The first-order valence-electron chi connectivity index (χ1n) is 41.1. The van der Waals surface area contributed by atoms with E-state index in [2.05, 4.69) is 415 Å². The van der Waals surface area contributed by atoms with E-state index in [1.807, 2.05) is 12.1 Å². The molecule has 0 aliphatic heterocycles. The van der Waals surface area contributed by atoms with Crippen LogP contribution in [0.25, 0.3) is 178 Å². The molecule has 0 atom stereocenters. The van der Waals surface area contributed by atoms with Crippen molar-refractivity contribution in [1.82, 2.24) is 57.0 Å². The van der Waals surface area contributed by atoms with Crippen LogP contribution >= 0.6 is 0 Å². The fourth-order valence-corrected chi connectivity index (χ4v) is 29.3. The van der Waals surface area contributed by atoms with Gasteiger partial charge in [0.25, 0.3) is 0 Å². The van der Waals surface area contributed by atoms with Gasteiger partial charge < -0.3 is 8.83 Å². The standard InChI is InChI=1S/C106H66N12O2Si2/c1-5-29-69(30-6-1)121(70-31-7-2-8-32-70,73-55-59-97-81(63-73)78-40-16-27-51-95(78)119-97)101-65-99(109-103(111-101)114-86-44-20-13-37-75(86)76-38-14-21-45-87(76)114)113-85-43-19-15-39-77(85)80-61-67(53-57-88(80)113)68-54-58-90-84(62-68)108-106-116(90)92-48-24-26-50-94(92)118(106)104-110-100(117-93-49-25-23-47-91(93)115-89-46-22-18-42-83(89)107-105(115)117)66-102(112-104)122(71-33-9-3-10-34-71,72-35-11-4-12-36-72)74-56-60-98-82(64-74)79-41-17-28-52-96(79)120-98/h1-66H. The number of hydrogen-bond acceptors (Lipinski definition) is 8. The Hall–Kier alpha value is -16.1. The maximum atomic E-state index is 6.62. The van der Waals surface area contributed by atoms with Crippen LogP contribution in [0.2, 0.25) is 0 Å². The SMILES string of the molecule is c1ccc([Si](c2ccccc2)(c2ccc3oc4ccccc4c3c2)c2cc(-n3c4ccccc4c4cc(-c5ccc6c(c5)nc5n(-c7nc(-n8c9ccccc9n9c%10ccccc%10nc89)cc([Si](c8ccccc8)(c8ccccc8)c8ccc9oc%10ccccc%10c9c8)n7)c7ccccc7n65)ccc43)nc(-n3c4ccccc4c4ccccc43)n2)cc1. The number of hydrogen-bond donors (Lipinski definition) is 0. The zero-order chi connectivity index (χ0) is 79.9. The summed E-state index contributed by atoms with van der Waals surface area (Å²) in [5.41, 5.74) is 16.9. The molecule has 26 rings (SSSR count). The summed E-state index contributed by atoms with van der Waals surface area (Å²) in [5, 5.41) is 17.4. The summed E-state index contributed by atoms with van der Waals surface area (Å²) in [4.78, 5) is 35.3. The van der Waals surface area contributed by atoms with Gasteiger partial charge in [0.15, 0.2) is 0 Å². The van der Waals surface area contributed by atoms with E-state index >= 15 is 0 Å². The van der Waals surface area contributed by atoms with Crippen LogP contribution in [-0.4, -0.2) is 73.1 Å². The van der Waals surface area contributed by atoms with Crippen LogP contribution in [0.5, 0.6) is 0 Å². The van der Waals surface area contributed by atoms with E-state index in [1.165, 1.54) is 15.6 Å². The van der Waals surface area contributed by atoms with Crippen molar-refractivity contribution < 1.29 is 8.83 Å². The van der Waals surface area contributed by atoms with Gasteiger partial charge in [-0.25, -0.2) is 24.5 Å². The van der Waals surface area contributed by atoms with Crippen molar-refractivity contribution in [3.63, 3.8) is 0 Å². The van der Waals surface area contributed by atoms with Gasteiger partial charge in [0, 0.05) is 59.8 Å². The number of benzene rings is 16. The summed E-state index contributed by atoms with van der Waals surface area (Å²) >= 11 is 0. The van der Waals surface area contributed by atoms with E-state index in [0.29, 0.717) is 23.5 Å². The lowest BCUT2D eigenvalue weighted by atomic mass is 10.0. The lowest BCUT2D eigenvalue weighted by Crippen LogP contribution is -2.75. The molecule has 0 unspecified atom stereocenters. The largest absolute Gasteiger partial charge is 0.456 e. The summed E-state index contributed by atoms with van der Waals surface area (Å²) < 4.78 is 26.8. The smallest absolute Gasteiger partial charge is 0.238 e. The van der Waals surface area contributed by atoms with Crippen molar-refractivity contribution >= 4 is 201 Å². The minimum Gasteiger partial charge on any atom is -0.456 e. The zero-order valence-electron chi connectivity index (χ0n) is 65.3. The van der Waals surface area contributed by atoms with Gasteiger partial charge in [0.2, 0.25) is 39.6 Å². The third kappa shape index (κ3) is 9.74.